The van der Waals surface area contributed by atoms with Crippen LogP contribution in [-0.4, -0.2) is 57.4 Å². The van der Waals surface area contributed by atoms with Crippen molar-refractivity contribution >= 4 is 29.7 Å². The largest absolute Gasteiger partial charge is 0.474 e. The average Bonchev–Trinajstić information content (AvgIpc) is 2.72. The van der Waals surface area contributed by atoms with E-state index < -0.39 is 47.5 Å². The van der Waals surface area contributed by atoms with Crippen LogP contribution in [0.4, 0.5) is 4.39 Å². The van der Waals surface area contributed by atoms with Gasteiger partial charge in [-0.15, -0.1) is 11.8 Å². The lowest BCUT2D eigenvalue weighted by Gasteiger charge is -2.39. The maximum atomic E-state index is 14.7. The van der Waals surface area contributed by atoms with Crippen LogP contribution in [0.1, 0.15) is 20.8 Å². The molecule has 0 saturated carbocycles. The van der Waals surface area contributed by atoms with Crippen molar-refractivity contribution in [3.05, 3.63) is 42.6 Å². The van der Waals surface area contributed by atoms with Crippen LogP contribution in [0.15, 0.2) is 36.8 Å². The van der Waals surface area contributed by atoms with E-state index in [1.807, 2.05) is 0 Å². The van der Waals surface area contributed by atoms with Crippen LogP contribution < -0.4 is 4.74 Å². The van der Waals surface area contributed by atoms with Gasteiger partial charge in [0.05, 0.1) is 6.20 Å². The Hall–Kier alpha value is -3.21. The highest BCUT2D eigenvalue weighted by molar-refractivity contribution is 7.99. The number of rotatable bonds is 6. The second kappa shape index (κ2) is 10.4. The molecule has 0 N–H and O–H groups in total. The summed E-state index contributed by atoms with van der Waals surface area (Å²) in [7, 11) is 0. The van der Waals surface area contributed by atoms with Gasteiger partial charge in [-0.05, 0) is 12.1 Å². The molecule has 0 spiro atoms. The molecule has 2 aromatic rings. The molecule has 0 unspecified atom stereocenters. The molecule has 3 rings (SSSR count). The molecule has 9 nitrogen and oxygen atoms in total. The van der Waals surface area contributed by atoms with Gasteiger partial charge in [-0.25, -0.2) is 9.37 Å². The molecule has 0 amide bonds. The van der Waals surface area contributed by atoms with Gasteiger partial charge in [0.2, 0.25) is 0 Å². The van der Waals surface area contributed by atoms with Crippen molar-refractivity contribution in [1.82, 2.24) is 9.97 Å². The Kier molecular flexibility index (Phi) is 7.62. The van der Waals surface area contributed by atoms with Crippen LogP contribution in [0.2, 0.25) is 0 Å². The average molecular weight is 464 g/mol. The minimum absolute atomic E-state index is 0.0856. The van der Waals surface area contributed by atoms with Crippen molar-refractivity contribution in [2.75, 3.05) is 5.75 Å². The number of nitrogens with zero attached hydrogens (tertiary/aromatic N) is 2. The van der Waals surface area contributed by atoms with E-state index in [0.29, 0.717) is 5.56 Å². The van der Waals surface area contributed by atoms with Crippen molar-refractivity contribution < 1.29 is 37.7 Å². The molecular weight excluding hydrogens is 443 g/mol. The summed E-state index contributed by atoms with van der Waals surface area (Å²) in [5.74, 6) is -2.21. The second-order valence-corrected chi connectivity index (χ2v) is 7.98. The zero-order valence-corrected chi connectivity index (χ0v) is 18.3. The molecular formula is C21H21FN2O7S. The first-order valence-corrected chi connectivity index (χ1v) is 10.7. The minimum Gasteiger partial charge on any atom is -0.474 e. The first-order chi connectivity index (χ1) is 15.2. The third-order valence-corrected chi connectivity index (χ3v) is 5.54. The van der Waals surface area contributed by atoms with Crippen LogP contribution in [0, 0.1) is 5.82 Å². The van der Waals surface area contributed by atoms with E-state index in [1.165, 1.54) is 51.1 Å². The molecule has 4 atom stereocenters. The number of carbonyl (C=O) groups is 3. The third-order valence-electron chi connectivity index (χ3n) is 4.33. The summed E-state index contributed by atoms with van der Waals surface area (Å²) in [6.07, 6.45) is 1.33. The van der Waals surface area contributed by atoms with Gasteiger partial charge in [0.15, 0.2) is 29.6 Å². The lowest BCUT2D eigenvalue weighted by molar-refractivity contribution is -0.186. The fourth-order valence-corrected chi connectivity index (χ4v) is 4.37. The summed E-state index contributed by atoms with van der Waals surface area (Å²) in [6, 6.07) is 4.41. The fraction of sp³-hybridized carbons (Fsp3) is 0.381. The third kappa shape index (κ3) is 5.94. The Morgan fingerprint density at radius 1 is 1.00 bits per heavy atom. The fourth-order valence-electron chi connectivity index (χ4n) is 3.15. The number of ether oxygens (including phenoxy) is 4. The van der Waals surface area contributed by atoms with Gasteiger partial charge in [0, 0.05) is 50.5 Å². The molecule has 1 saturated heterocycles. The highest BCUT2D eigenvalue weighted by atomic mass is 32.2. The van der Waals surface area contributed by atoms with Gasteiger partial charge in [0.25, 0.3) is 0 Å². The lowest BCUT2D eigenvalue weighted by atomic mass is 10.1. The molecule has 3 heterocycles. The lowest BCUT2D eigenvalue weighted by Crippen LogP contribution is -2.55. The molecule has 0 aliphatic carbocycles. The monoisotopic (exact) mass is 464 g/mol. The van der Waals surface area contributed by atoms with E-state index in [2.05, 4.69) is 9.97 Å². The van der Waals surface area contributed by atoms with Gasteiger partial charge in [-0.1, -0.05) is 0 Å². The van der Waals surface area contributed by atoms with E-state index in [-0.39, 0.29) is 17.2 Å². The molecule has 2 aromatic heterocycles. The van der Waals surface area contributed by atoms with Crippen molar-refractivity contribution in [3.8, 4) is 17.0 Å². The first kappa shape index (κ1) is 23.5. The SMILES string of the molecule is CC(=O)O[C@@H]1[C@@H](OC(C)=O)[C@@H](Oc2cnc(-c3ccncc3)c(F)c2)SC[C@H]1OC(C)=O. The minimum atomic E-state index is -1.11. The number of halogens is 1. The zero-order valence-electron chi connectivity index (χ0n) is 17.5. The number of carbonyl (C=O) groups excluding carboxylic acids is 3. The van der Waals surface area contributed by atoms with Crippen molar-refractivity contribution in [3.63, 3.8) is 0 Å². The molecule has 0 aromatic carbocycles. The van der Waals surface area contributed by atoms with E-state index in [0.717, 1.165) is 6.07 Å². The summed E-state index contributed by atoms with van der Waals surface area (Å²) in [5, 5.41) is 0. The predicted molar refractivity (Wildman–Crippen MR) is 111 cm³/mol. The van der Waals surface area contributed by atoms with Crippen LogP contribution in [0.25, 0.3) is 11.3 Å². The number of pyridine rings is 2. The van der Waals surface area contributed by atoms with Crippen molar-refractivity contribution in [2.45, 2.75) is 44.5 Å². The zero-order chi connectivity index (χ0) is 23.3. The number of aromatic nitrogens is 2. The van der Waals surface area contributed by atoms with E-state index in [9.17, 15) is 18.8 Å². The van der Waals surface area contributed by atoms with Gasteiger partial charge >= 0.3 is 17.9 Å². The topological polar surface area (TPSA) is 114 Å². The molecule has 0 bridgehead atoms. The van der Waals surface area contributed by atoms with Crippen LogP contribution in [0.3, 0.4) is 0 Å². The van der Waals surface area contributed by atoms with E-state index in [1.54, 1.807) is 12.1 Å². The number of hydrogen-bond acceptors (Lipinski definition) is 10. The molecule has 0 radical (unpaired) electrons. The van der Waals surface area contributed by atoms with Gasteiger partial charge in [0.1, 0.15) is 11.4 Å². The first-order valence-electron chi connectivity index (χ1n) is 9.60. The van der Waals surface area contributed by atoms with E-state index >= 15 is 0 Å². The van der Waals surface area contributed by atoms with Gasteiger partial charge in [-0.3, -0.25) is 19.4 Å². The van der Waals surface area contributed by atoms with Crippen LogP contribution in [0.5, 0.6) is 5.75 Å². The number of thioether (sulfide) groups is 1. The summed E-state index contributed by atoms with van der Waals surface area (Å²) in [6.45, 7) is 3.59. The summed E-state index contributed by atoms with van der Waals surface area (Å²) >= 11 is 1.17. The summed E-state index contributed by atoms with van der Waals surface area (Å²) < 4.78 is 36.4. The van der Waals surface area contributed by atoms with Crippen molar-refractivity contribution in [1.29, 1.82) is 0 Å². The smallest absolute Gasteiger partial charge is 0.303 e. The van der Waals surface area contributed by atoms with Crippen LogP contribution in [-0.2, 0) is 28.6 Å². The molecule has 1 aliphatic heterocycles. The molecule has 11 heteroatoms. The highest BCUT2D eigenvalue weighted by Crippen LogP contribution is 2.34. The number of esters is 3. The molecule has 1 aliphatic rings. The molecule has 1 fully saturated rings. The van der Waals surface area contributed by atoms with Gasteiger partial charge in [-0.2, -0.15) is 0 Å². The Labute approximate surface area is 187 Å². The second-order valence-electron chi connectivity index (χ2n) is 6.85. The Morgan fingerprint density at radius 3 is 2.22 bits per heavy atom. The molecule has 32 heavy (non-hydrogen) atoms. The highest BCUT2D eigenvalue weighted by Gasteiger charge is 2.47. The summed E-state index contributed by atoms with van der Waals surface area (Å²) in [4.78, 5) is 42.8. The maximum Gasteiger partial charge on any atom is 0.303 e. The predicted octanol–water partition coefficient (Wildman–Crippen LogP) is 2.53. The number of hydrogen-bond donors (Lipinski definition) is 0. The van der Waals surface area contributed by atoms with Crippen LogP contribution >= 0.6 is 11.8 Å². The van der Waals surface area contributed by atoms with Gasteiger partial charge < -0.3 is 18.9 Å². The Bertz CT molecular complexity index is 991. The Balaban J connectivity index is 1.85. The summed E-state index contributed by atoms with van der Waals surface area (Å²) in [5.41, 5.74) is -0.198. The van der Waals surface area contributed by atoms with Crippen molar-refractivity contribution in [2.24, 2.45) is 0 Å². The maximum absolute atomic E-state index is 14.7. The Morgan fingerprint density at radius 2 is 1.62 bits per heavy atom. The normalized spacial score (nSPS) is 22.5. The quantitative estimate of drug-likeness (QED) is 0.467. The van der Waals surface area contributed by atoms with E-state index in [4.69, 9.17) is 18.9 Å². The molecule has 170 valence electrons. The standard InChI is InChI=1S/C21H21FN2O7S/c1-11(25)28-17-10-32-21(20(30-13(3)27)19(17)29-12(2)26)31-15-8-16(22)18(24-9-15)14-4-6-23-7-5-14/h4-9,17,19-21H,10H2,1-3H3/t17-,19+,20-,21+/m1/s1.